The van der Waals surface area contributed by atoms with Crippen LogP contribution >= 0.6 is 0 Å². The molecule has 0 fully saturated rings. The third-order valence-corrected chi connectivity index (χ3v) is 4.20. The molecule has 0 radical (unpaired) electrons. The summed E-state index contributed by atoms with van der Waals surface area (Å²) in [6.07, 6.45) is 1.05. The van der Waals surface area contributed by atoms with Crippen LogP contribution < -0.4 is 16.2 Å². The van der Waals surface area contributed by atoms with Crippen LogP contribution in [0.1, 0.15) is 38.9 Å². The van der Waals surface area contributed by atoms with Gasteiger partial charge in [-0.25, -0.2) is 9.97 Å². The second kappa shape index (κ2) is 7.98. The van der Waals surface area contributed by atoms with Gasteiger partial charge in [-0.2, -0.15) is 4.52 Å². The van der Waals surface area contributed by atoms with Gasteiger partial charge in [0.25, 0.3) is 0 Å². The molecule has 3 N–H and O–H groups in total. The van der Waals surface area contributed by atoms with Crippen LogP contribution in [0.5, 0.6) is 0 Å². The molecule has 0 unspecified atom stereocenters. The summed E-state index contributed by atoms with van der Waals surface area (Å²) in [5.74, 6) is 0.498. The highest BCUT2D eigenvalue weighted by Gasteiger charge is 2.13. The molecule has 3 aromatic rings. The minimum absolute atomic E-state index is 0.0718. The molecule has 27 heavy (non-hydrogen) atoms. The third-order valence-electron chi connectivity index (χ3n) is 4.20. The molecule has 2 heterocycles. The zero-order valence-corrected chi connectivity index (χ0v) is 15.6. The van der Waals surface area contributed by atoms with Crippen LogP contribution in [0.25, 0.3) is 16.6 Å². The molecular weight excluding hydrogens is 346 g/mol. The summed E-state index contributed by atoms with van der Waals surface area (Å²) in [5.41, 5.74) is 6.75. The predicted molar refractivity (Wildman–Crippen MR) is 102 cm³/mol. The van der Waals surface area contributed by atoms with Crippen molar-refractivity contribution in [2.24, 2.45) is 0 Å². The van der Waals surface area contributed by atoms with Gasteiger partial charge >= 0.3 is 0 Å². The molecule has 142 valence electrons. The number of fused-ring (bicyclic) bond motifs is 3. The Morgan fingerprint density at radius 3 is 2.67 bits per heavy atom. The first-order valence-electron chi connectivity index (χ1n) is 8.94. The van der Waals surface area contributed by atoms with Gasteiger partial charge < -0.3 is 5.32 Å². The van der Waals surface area contributed by atoms with Crippen LogP contribution in [0.3, 0.4) is 0 Å². The molecule has 2 amide bonds. The van der Waals surface area contributed by atoms with Crippen molar-refractivity contribution in [3.05, 3.63) is 30.1 Å². The molecule has 0 aliphatic rings. The van der Waals surface area contributed by atoms with E-state index in [2.05, 4.69) is 31.2 Å². The quantitative estimate of drug-likeness (QED) is 0.547. The summed E-state index contributed by atoms with van der Waals surface area (Å²) >= 11 is 0. The van der Waals surface area contributed by atoms with Gasteiger partial charge in [-0.3, -0.25) is 20.4 Å². The summed E-state index contributed by atoms with van der Waals surface area (Å²) in [7, 11) is 0. The molecule has 1 aromatic carbocycles. The van der Waals surface area contributed by atoms with Gasteiger partial charge in [0.15, 0.2) is 5.65 Å². The van der Waals surface area contributed by atoms with E-state index < -0.39 is 0 Å². The van der Waals surface area contributed by atoms with E-state index in [0.717, 1.165) is 17.3 Å². The number of para-hydroxylation sites is 1. The van der Waals surface area contributed by atoms with E-state index in [1.54, 1.807) is 11.4 Å². The van der Waals surface area contributed by atoms with E-state index in [0.29, 0.717) is 17.4 Å². The first-order chi connectivity index (χ1) is 13.0. The van der Waals surface area contributed by atoms with Gasteiger partial charge in [0.05, 0.1) is 5.52 Å². The molecule has 0 saturated heterocycles. The lowest BCUT2D eigenvalue weighted by molar-refractivity contribution is -0.126. The van der Waals surface area contributed by atoms with Gasteiger partial charge in [-0.1, -0.05) is 19.1 Å². The number of aromatic nitrogens is 4. The number of carbonyl (C=O) groups excluding carboxylic acids is 2. The van der Waals surface area contributed by atoms with Crippen molar-refractivity contribution in [3.63, 3.8) is 0 Å². The molecule has 3 rings (SSSR count). The van der Waals surface area contributed by atoms with Crippen LogP contribution in [0.15, 0.2) is 24.3 Å². The Kier molecular flexibility index (Phi) is 5.49. The maximum absolute atomic E-state index is 12.1. The number of amides is 2. The van der Waals surface area contributed by atoms with Gasteiger partial charge in [0, 0.05) is 24.3 Å². The first-order valence-corrected chi connectivity index (χ1v) is 8.94. The zero-order chi connectivity index (χ0) is 19.4. The number of aryl methyl sites for hydroxylation is 1. The maximum atomic E-state index is 12.1. The molecule has 0 bridgehead atoms. The van der Waals surface area contributed by atoms with E-state index in [9.17, 15) is 9.59 Å². The third kappa shape index (κ3) is 4.30. The van der Waals surface area contributed by atoms with Crippen molar-refractivity contribution in [3.8, 4) is 0 Å². The Morgan fingerprint density at radius 1 is 1.15 bits per heavy atom. The zero-order valence-electron chi connectivity index (χ0n) is 15.6. The average molecular weight is 369 g/mol. The summed E-state index contributed by atoms with van der Waals surface area (Å²) in [6, 6.07) is 7.68. The largest absolute Gasteiger partial charge is 0.354 e. The number of hydrogen-bond donors (Lipinski definition) is 3. The fourth-order valence-corrected chi connectivity index (χ4v) is 2.60. The molecular formula is C18H23N7O2. The molecule has 0 aliphatic heterocycles. The van der Waals surface area contributed by atoms with Crippen molar-refractivity contribution in [1.29, 1.82) is 0 Å². The number of anilines is 1. The number of hydrazine groups is 1. The van der Waals surface area contributed by atoms with E-state index >= 15 is 0 Å². The van der Waals surface area contributed by atoms with E-state index in [4.69, 9.17) is 0 Å². The Balaban J connectivity index is 1.67. The van der Waals surface area contributed by atoms with Gasteiger partial charge in [0.1, 0.15) is 5.82 Å². The number of benzene rings is 1. The molecule has 1 atom stereocenters. The van der Waals surface area contributed by atoms with Crippen LogP contribution in [-0.4, -0.2) is 37.4 Å². The van der Waals surface area contributed by atoms with Crippen molar-refractivity contribution in [2.45, 2.75) is 46.1 Å². The second-order valence-electron chi connectivity index (χ2n) is 6.40. The number of carbonyl (C=O) groups is 2. The Labute approximate surface area is 156 Å². The summed E-state index contributed by atoms with van der Waals surface area (Å²) in [6.45, 7) is 5.71. The first kappa shape index (κ1) is 18.6. The minimum Gasteiger partial charge on any atom is -0.354 e. The SMILES string of the molecule is CC[C@H](C)NC(=O)CCC(=O)NNc1nc2ccccc2c2nc(C)nn12. The highest BCUT2D eigenvalue weighted by atomic mass is 16.2. The smallest absolute Gasteiger partial charge is 0.245 e. The van der Waals surface area contributed by atoms with E-state index in [1.807, 2.05) is 38.1 Å². The Hall–Kier alpha value is -3.23. The number of nitrogens with zero attached hydrogens (tertiary/aromatic N) is 4. The normalized spacial score (nSPS) is 12.1. The van der Waals surface area contributed by atoms with Crippen molar-refractivity contribution in [2.75, 3.05) is 5.43 Å². The maximum Gasteiger partial charge on any atom is 0.245 e. The lowest BCUT2D eigenvalue weighted by atomic mass is 10.2. The lowest BCUT2D eigenvalue weighted by Gasteiger charge is -2.12. The van der Waals surface area contributed by atoms with Crippen molar-refractivity contribution < 1.29 is 9.59 Å². The number of nitrogens with one attached hydrogen (secondary N) is 3. The fourth-order valence-electron chi connectivity index (χ4n) is 2.60. The molecule has 9 nitrogen and oxygen atoms in total. The van der Waals surface area contributed by atoms with E-state index in [-0.39, 0.29) is 30.7 Å². The Bertz CT molecular complexity index is 982. The fraction of sp³-hybridized carbons (Fsp3) is 0.389. The minimum atomic E-state index is -0.311. The van der Waals surface area contributed by atoms with Gasteiger partial charge in [-0.05, 0) is 32.4 Å². The van der Waals surface area contributed by atoms with Crippen LogP contribution in [0.4, 0.5) is 5.95 Å². The highest BCUT2D eigenvalue weighted by Crippen LogP contribution is 2.19. The molecule has 0 saturated carbocycles. The monoisotopic (exact) mass is 369 g/mol. The molecule has 9 heteroatoms. The number of hydrogen-bond acceptors (Lipinski definition) is 6. The molecule has 2 aromatic heterocycles. The average Bonchev–Trinajstić information content (AvgIpc) is 3.06. The second-order valence-corrected chi connectivity index (χ2v) is 6.40. The van der Waals surface area contributed by atoms with E-state index in [1.165, 1.54) is 0 Å². The summed E-state index contributed by atoms with van der Waals surface area (Å²) in [4.78, 5) is 32.7. The predicted octanol–water partition coefficient (Wildman–Crippen LogP) is 1.72. The van der Waals surface area contributed by atoms with Crippen molar-refractivity contribution in [1.82, 2.24) is 30.3 Å². The van der Waals surface area contributed by atoms with Crippen LogP contribution in [0.2, 0.25) is 0 Å². The molecule has 0 spiro atoms. The molecule has 0 aliphatic carbocycles. The standard InChI is InChI=1S/C18H23N7O2/c1-4-11(2)19-15(26)9-10-16(27)22-23-18-21-14-8-6-5-7-13(14)17-20-12(3)24-25(17)18/h5-8,11H,4,9-10H2,1-3H3,(H,19,26)(H,21,23)(H,22,27)/t11-/m0/s1. The highest BCUT2D eigenvalue weighted by molar-refractivity contribution is 5.92. The van der Waals surface area contributed by atoms with Crippen LogP contribution in [0, 0.1) is 6.92 Å². The summed E-state index contributed by atoms with van der Waals surface area (Å²) < 4.78 is 1.55. The summed E-state index contributed by atoms with van der Waals surface area (Å²) in [5, 5.41) is 8.03. The topological polar surface area (TPSA) is 113 Å². The number of rotatable bonds is 7. The lowest BCUT2D eigenvalue weighted by Crippen LogP contribution is -2.35. The van der Waals surface area contributed by atoms with Gasteiger partial charge in [-0.15, -0.1) is 5.10 Å². The Morgan fingerprint density at radius 2 is 1.89 bits per heavy atom. The van der Waals surface area contributed by atoms with Crippen LogP contribution in [-0.2, 0) is 9.59 Å². The van der Waals surface area contributed by atoms with Gasteiger partial charge in [0.2, 0.25) is 17.8 Å². The van der Waals surface area contributed by atoms with Crippen molar-refractivity contribution >= 4 is 34.3 Å².